The first kappa shape index (κ1) is 25.5. The summed E-state index contributed by atoms with van der Waals surface area (Å²) in [7, 11) is 0. The molecule has 1 aromatic carbocycles. The molecule has 1 saturated heterocycles. The van der Waals surface area contributed by atoms with Crippen molar-refractivity contribution in [2.45, 2.75) is 46.3 Å². The van der Waals surface area contributed by atoms with Crippen LogP contribution in [0.4, 0.5) is 15.3 Å². The maximum atomic E-state index is 12.6. The summed E-state index contributed by atoms with van der Waals surface area (Å²) in [5, 5.41) is 8.41. The largest absolute Gasteiger partial charge is 0.444 e. The number of hydrogen-bond donors (Lipinski definition) is 3. The SMILES string of the molecule is CC(C)C(NC(=O)Nc1ccccc1)C(=O)NCCN1CCN(C(=O)OC(C)(C)C)CC1. The Balaban J connectivity index is 1.72. The highest BCUT2D eigenvalue weighted by molar-refractivity contribution is 5.93. The predicted octanol–water partition coefficient (Wildman–Crippen LogP) is 2.50. The molecule has 1 heterocycles. The van der Waals surface area contributed by atoms with Gasteiger partial charge >= 0.3 is 12.1 Å². The molecule has 1 aliphatic heterocycles. The average Bonchev–Trinajstić information content (AvgIpc) is 2.71. The van der Waals surface area contributed by atoms with Gasteiger partial charge in [-0.1, -0.05) is 32.0 Å². The van der Waals surface area contributed by atoms with Crippen LogP contribution in [0.1, 0.15) is 34.6 Å². The third-order valence-electron chi connectivity index (χ3n) is 5.02. The number of ether oxygens (including phenoxy) is 1. The van der Waals surface area contributed by atoms with E-state index in [2.05, 4.69) is 20.9 Å². The molecule has 3 N–H and O–H groups in total. The van der Waals surface area contributed by atoms with Crippen LogP contribution in [0.15, 0.2) is 30.3 Å². The predicted molar refractivity (Wildman–Crippen MR) is 124 cm³/mol. The second kappa shape index (κ2) is 11.7. The van der Waals surface area contributed by atoms with Gasteiger partial charge in [0.25, 0.3) is 0 Å². The highest BCUT2D eigenvalue weighted by Crippen LogP contribution is 2.12. The summed E-state index contributed by atoms with van der Waals surface area (Å²) in [5.74, 6) is -0.274. The molecular weight excluding hydrogens is 410 g/mol. The van der Waals surface area contributed by atoms with Gasteiger partial charge < -0.3 is 25.6 Å². The molecule has 0 aliphatic carbocycles. The fourth-order valence-electron chi connectivity index (χ4n) is 3.29. The molecular formula is C23H37N5O4. The van der Waals surface area contributed by atoms with Gasteiger partial charge in [-0.15, -0.1) is 0 Å². The van der Waals surface area contributed by atoms with Gasteiger partial charge in [0.1, 0.15) is 11.6 Å². The van der Waals surface area contributed by atoms with Crippen LogP contribution in [0.25, 0.3) is 0 Å². The quantitative estimate of drug-likeness (QED) is 0.596. The summed E-state index contributed by atoms with van der Waals surface area (Å²) in [6, 6.07) is 8.04. The second-order valence-corrected chi connectivity index (χ2v) is 9.29. The van der Waals surface area contributed by atoms with Gasteiger partial charge in [-0.3, -0.25) is 9.69 Å². The molecule has 0 bridgehead atoms. The van der Waals surface area contributed by atoms with Crippen molar-refractivity contribution < 1.29 is 19.1 Å². The first-order chi connectivity index (χ1) is 15.0. The molecule has 2 rings (SSSR count). The highest BCUT2D eigenvalue weighted by atomic mass is 16.6. The summed E-state index contributed by atoms with van der Waals surface area (Å²) in [6.07, 6.45) is -0.287. The first-order valence-corrected chi connectivity index (χ1v) is 11.2. The first-order valence-electron chi connectivity index (χ1n) is 11.2. The van der Waals surface area contributed by atoms with Gasteiger partial charge in [-0.2, -0.15) is 0 Å². The van der Waals surface area contributed by atoms with Gasteiger partial charge in [0, 0.05) is 45.0 Å². The van der Waals surface area contributed by atoms with Crippen molar-refractivity contribution >= 4 is 23.7 Å². The smallest absolute Gasteiger partial charge is 0.410 e. The average molecular weight is 448 g/mol. The van der Waals surface area contributed by atoms with Crippen LogP contribution in [0.3, 0.4) is 0 Å². The van der Waals surface area contributed by atoms with Crippen molar-refractivity contribution in [2.24, 2.45) is 5.92 Å². The van der Waals surface area contributed by atoms with Crippen LogP contribution >= 0.6 is 0 Å². The molecule has 1 aliphatic rings. The van der Waals surface area contributed by atoms with Crippen LogP contribution in [0, 0.1) is 5.92 Å². The van der Waals surface area contributed by atoms with Crippen LogP contribution in [-0.4, -0.2) is 78.7 Å². The Bertz CT molecular complexity index is 755. The van der Waals surface area contributed by atoms with Crippen LogP contribution in [0.2, 0.25) is 0 Å². The van der Waals surface area contributed by atoms with E-state index >= 15 is 0 Å². The van der Waals surface area contributed by atoms with Gasteiger partial charge in [0.05, 0.1) is 0 Å². The number of anilines is 1. The van der Waals surface area contributed by atoms with Crippen LogP contribution in [-0.2, 0) is 9.53 Å². The fourth-order valence-corrected chi connectivity index (χ4v) is 3.29. The molecule has 0 aromatic heterocycles. The number of urea groups is 1. The molecule has 9 nitrogen and oxygen atoms in total. The van der Waals surface area contributed by atoms with Gasteiger partial charge in [0.15, 0.2) is 0 Å². The van der Waals surface area contributed by atoms with Crippen LogP contribution in [0.5, 0.6) is 0 Å². The molecule has 1 fully saturated rings. The minimum absolute atomic E-state index is 0.0612. The Morgan fingerprint density at radius 1 is 1.03 bits per heavy atom. The number of nitrogens with one attached hydrogen (secondary N) is 3. The summed E-state index contributed by atoms with van der Waals surface area (Å²) < 4.78 is 5.41. The van der Waals surface area contributed by atoms with E-state index in [1.807, 2.05) is 52.8 Å². The Hall–Kier alpha value is -2.81. The molecule has 0 saturated carbocycles. The number of carbonyl (C=O) groups is 3. The number of piperazine rings is 1. The van der Waals surface area contributed by atoms with Crippen molar-refractivity contribution in [1.29, 1.82) is 0 Å². The summed E-state index contributed by atoms with van der Waals surface area (Å²) in [5.41, 5.74) is 0.163. The van der Waals surface area contributed by atoms with E-state index in [9.17, 15) is 14.4 Å². The van der Waals surface area contributed by atoms with E-state index in [1.54, 1.807) is 17.0 Å². The molecule has 4 amide bonds. The van der Waals surface area contributed by atoms with E-state index in [-0.39, 0.29) is 17.9 Å². The highest BCUT2D eigenvalue weighted by Gasteiger charge is 2.27. The van der Waals surface area contributed by atoms with Crippen molar-refractivity contribution in [1.82, 2.24) is 20.4 Å². The van der Waals surface area contributed by atoms with Gasteiger partial charge in [-0.05, 0) is 38.8 Å². The number of carbonyl (C=O) groups excluding carboxylic acids is 3. The molecule has 32 heavy (non-hydrogen) atoms. The Morgan fingerprint density at radius 2 is 1.66 bits per heavy atom. The number of nitrogens with zero attached hydrogens (tertiary/aromatic N) is 2. The summed E-state index contributed by atoms with van der Waals surface area (Å²) in [4.78, 5) is 41.0. The molecule has 1 unspecified atom stereocenters. The zero-order chi connectivity index (χ0) is 23.7. The molecule has 0 spiro atoms. The molecule has 1 atom stereocenters. The lowest BCUT2D eigenvalue weighted by Gasteiger charge is -2.35. The lowest BCUT2D eigenvalue weighted by molar-refractivity contribution is -0.123. The minimum atomic E-state index is -0.636. The van der Waals surface area contributed by atoms with Crippen molar-refractivity contribution in [3.05, 3.63) is 30.3 Å². The van der Waals surface area contributed by atoms with Gasteiger partial charge in [0.2, 0.25) is 5.91 Å². The van der Waals surface area contributed by atoms with Crippen LogP contribution < -0.4 is 16.0 Å². The van der Waals surface area contributed by atoms with Crippen molar-refractivity contribution in [2.75, 3.05) is 44.6 Å². The number of rotatable bonds is 7. The normalized spacial score (nSPS) is 15.8. The maximum absolute atomic E-state index is 12.6. The Labute approximate surface area is 190 Å². The zero-order valence-corrected chi connectivity index (χ0v) is 19.8. The second-order valence-electron chi connectivity index (χ2n) is 9.29. The maximum Gasteiger partial charge on any atom is 0.410 e. The molecule has 9 heteroatoms. The van der Waals surface area contributed by atoms with E-state index in [0.717, 1.165) is 13.1 Å². The van der Waals surface area contributed by atoms with Crippen molar-refractivity contribution in [3.63, 3.8) is 0 Å². The number of amides is 4. The number of benzene rings is 1. The Kier molecular flexibility index (Phi) is 9.31. The lowest BCUT2D eigenvalue weighted by atomic mass is 10.0. The van der Waals surface area contributed by atoms with Crippen molar-refractivity contribution in [3.8, 4) is 0 Å². The molecule has 1 aromatic rings. The van der Waals surface area contributed by atoms with E-state index < -0.39 is 17.7 Å². The topological polar surface area (TPSA) is 103 Å². The summed E-state index contributed by atoms with van der Waals surface area (Å²) in [6.45, 7) is 13.1. The van der Waals surface area contributed by atoms with E-state index in [4.69, 9.17) is 4.74 Å². The Morgan fingerprint density at radius 3 is 2.22 bits per heavy atom. The van der Waals surface area contributed by atoms with E-state index in [0.29, 0.717) is 31.9 Å². The van der Waals surface area contributed by atoms with E-state index in [1.165, 1.54) is 0 Å². The molecule has 0 radical (unpaired) electrons. The number of hydrogen-bond acceptors (Lipinski definition) is 5. The van der Waals surface area contributed by atoms with Gasteiger partial charge in [-0.25, -0.2) is 9.59 Å². The zero-order valence-electron chi connectivity index (χ0n) is 19.8. The third kappa shape index (κ3) is 8.74. The standard InChI is InChI=1S/C23H37N5O4/c1-17(2)19(26-21(30)25-18-9-7-6-8-10-18)20(29)24-11-12-27-13-15-28(16-14-27)22(31)32-23(3,4)5/h6-10,17,19H,11-16H2,1-5H3,(H,24,29)(H2,25,26,30). The third-order valence-corrected chi connectivity index (χ3v) is 5.02. The fraction of sp³-hybridized carbons (Fsp3) is 0.609. The minimum Gasteiger partial charge on any atom is -0.444 e. The number of para-hydroxylation sites is 1. The monoisotopic (exact) mass is 447 g/mol. The molecule has 178 valence electrons. The summed E-state index contributed by atoms with van der Waals surface area (Å²) >= 11 is 0. The lowest BCUT2D eigenvalue weighted by Crippen LogP contribution is -2.53.